The molecule has 2 saturated carbocycles. The second-order valence-electron chi connectivity index (χ2n) is 7.09. The van der Waals surface area contributed by atoms with E-state index in [0.717, 1.165) is 29.7 Å². The van der Waals surface area contributed by atoms with Crippen molar-refractivity contribution < 1.29 is 0 Å². The van der Waals surface area contributed by atoms with Crippen molar-refractivity contribution in [3.8, 4) is 0 Å². The molecule has 1 unspecified atom stereocenters. The van der Waals surface area contributed by atoms with Gasteiger partial charge in [0, 0.05) is 6.04 Å². The molecule has 0 radical (unpaired) electrons. The molecule has 0 aromatic carbocycles. The fraction of sp³-hybridized carbons (Fsp3) is 1.00. The summed E-state index contributed by atoms with van der Waals surface area (Å²) in [6.07, 6.45) is 11.7. The maximum Gasteiger partial charge on any atom is 0.0124 e. The molecule has 1 atom stereocenters. The summed E-state index contributed by atoms with van der Waals surface area (Å²) in [5.41, 5.74) is 0. The molecular formula is C17H33N. The van der Waals surface area contributed by atoms with Crippen LogP contribution in [0.3, 0.4) is 0 Å². The largest absolute Gasteiger partial charge is 0.313 e. The van der Waals surface area contributed by atoms with Crippen LogP contribution in [0.25, 0.3) is 0 Å². The van der Waals surface area contributed by atoms with E-state index in [2.05, 4.69) is 26.1 Å². The van der Waals surface area contributed by atoms with Crippen molar-refractivity contribution >= 4 is 0 Å². The van der Waals surface area contributed by atoms with Crippen molar-refractivity contribution in [3.05, 3.63) is 0 Å². The summed E-state index contributed by atoms with van der Waals surface area (Å²) in [7, 11) is 0. The van der Waals surface area contributed by atoms with Crippen LogP contribution in [-0.4, -0.2) is 12.6 Å². The number of hydrogen-bond donors (Lipinski definition) is 1. The zero-order valence-electron chi connectivity index (χ0n) is 12.8. The van der Waals surface area contributed by atoms with Gasteiger partial charge in [-0.05, 0) is 75.2 Å². The van der Waals surface area contributed by atoms with Crippen molar-refractivity contribution in [2.75, 3.05) is 6.54 Å². The van der Waals surface area contributed by atoms with E-state index in [0.29, 0.717) is 0 Å². The standard InChI is InChI=1S/C17H33N/c1-4-12-18-17(15-6-5-7-15)16-10-8-14(9-11-16)13(2)3/h13-18H,4-12H2,1-3H3. The normalized spacial score (nSPS) is 31.3. The minimum Gasteiger partial charge on any atom is -0.313 e. The molecule has 2 aliphatic rings. The number of nitrogens with one attached hydrogen (secondary N) is 1. The van der Waals surface area contributed by atoms with Crippen LogP contribution in [0.1, 0.15) is 72.1 Å². The fourth-order valence-corrected chi connectivity index (χ4v) is 4.00. The lowest BCUT2D eigenvalue weighted by molar-refractivity contribution is 0.120. The van der Waals surface area contributed by atoms with E-state index in [9.17, 15) is 0 Å². The zero-order valence-corrected chi connectivity index (χ0v) is 12.8. The Bertz CT molecular complexity index is 224. The molecule has 106 valence electrons. The Hall–Kier alpha value is -0.0400. The molecular weight excluding hydrogens is 218 g/mol. The lowest BCUT2D eigenvalue weighted by Gasteiger charge is -2.42. The van der Waals surface area contributed by atoms with Gasteiger partial charge in [0.25, 0.3) is 0 Å². The van der Waals surface area contributed by atoms with E-state index in [1.54, 1.807) is 0 Å². The molecule has 0 aliphatic heterocycles. The van der Waals surface area contributed by atoms with Gasteiger partial charge in [-0.2, -0.15) is 0 Å². The van der Waals surface area contributed by atoms with Gasteiger partial charge in [0.2, 0.25) is 0 Å². The smallest absolute Gasteiger partial charge is 0.0124 e. The third-order valence-corrected chi connectivity index (χ3v) is 5.55. The molecule has 0 aromatic heterocycles. The maximum absolute atomic E-state index is 3.89. The van der Waals surface area contributed by atoms with Crippen LogP contribution in [0.2, 0.25) is 0 Å². The van der Waals surface area contributed by atoms with Gasteiger partial charge in [-0.25, -0.2) is 0 Å². The summed E-state index contributed by atoms with van der Waals surface area (Å²) < 4.78 is 0. The highest BCUT2D eigenvalue weighted by molar-refractivity contribution is 4.90. The van der Waals surface area contributed by atoms with E-state index in [1.165, 1.54) is 57.9 Å². The highest BCUT2D eigenvalue weighted by Gasteiger charge is 2.35. The van der Waals surface area contributed by atoms with Gasteiger partial charge in [-0.1, -0.05) is 27.2 Å². The van der Waals surface area contributed by atoms with Crippen molar-refractivity contribution in [1.29, 1.82) is 0 Å². The minimum atomic E-state index is 0.854. The SMILES string of the molecule is CCCNC(C1CCC1)C1CCC(C(C)C)CC1. The van der Waals surface area contributed by atoms with E-state index >= 15 is 0 Å². The van der Waals surface area contributed by atoms with Crippen LogP contribution in [0.15, 0.2) is 0 Å². The van der Waals surface area contributed by atoms with Crippen LogP contribution >= 0.6 is 0 Å². The Morgan fingerprint density at radius 3 is 1.89 bits per heavy atom. The van der Waals surface area contributed by atoms with Crippen LogP contribution in [0.5, 0.6) is 0 Å². The zero-order chi connectivity index (χ0) is 13.0. The quantitative estimate of drug-likeness (QED) is 0.726. The predicted octanol–water partition coefficient (Wildman–Crippen LogP) is 4.62. The van der Waals surface area contributed by atoms with Crippen molar-refractivity contribution in [3.63, 3.8) is 0 Å². The predicted molar refractivity (Wildman–Crippen MR) is 79.7 cm³/mol. The molecule has 0 bridgehead atoms. The second kappa shape index (κ2) is 6.93. The monoisotopic (exact) mass is 251 g/mol. The average Bonchev–Trinajstić information content (AvgIpc) is 2.32. The van der Waals surface area contributed by atoms with Crippen molar-refractivity contribution in [1.82, 2.24) is 5.32 Å². The molecule has 1 N–H and O–H groups in total. The van der Waals surface area contributed by atoms with Gasteiger partial charge in [-0.15, -0.1) is 0 Å². The Balaban J connectivity index is 1.83. The molecule has 0 heterocycles. The third kappa shape index (κ3) is 3.50. The maximum atomic E-state index is 3.89. The van der Waals surface area contributed by atoms with Gasteiger partial charge in [0.05, 0.1) is 0 Å². The van der Waals surface area contributed by atoms with E-state index in [4.69, 9.17) is 0 Å². The fourth-order valence-electron chi connectivity index (χ4n) is 4.00. The number of hydrogen-bond acceptors (Lipinski definition) is 1. The molecule has 2 rings (SSSR count). The van der Waals surface area contributed by atoms with Crippen LogP contribution in [0, 0.1) is 23.7 Å². The van der Waals surface area contributed by atoms with E-state index in [-0.39, 0.29) is 0 Å². The lowest BCUT2D eigenvalue weighted by atomic mass is 9.68. The summed E-state index contributed by atoms with van der Waals surface area (Å²) >= 11 is 0. The molecule has 2 aliphatic carbocycles. The first-order valence-electron chi connectivity index (χ1n) is 8.45. The highest BCUT2D eigenvalue weighted by Crippen LogP contribution is 2.40. The Labute approximate surface area is 114 Å². The van der Waals surface area contributed by atoms with E-state index < -0.39 is 0 Å². The topological polar surface area (TPSA) is 12.0 Å². The number of rotatable bonds is 6. The van der Waals surface area contributed by atoms with Crippen LogP contribution < -0.4 is 5.32 Å². The van der Waals surface area contributed by atoms with Crippen LogP contribution in [-0.2, 0) is 0 Å². The van der Waals surface area contributed by atoms with Gasteiger partial charge in [-0.3, -0.25) is 0 Å². The lowest BCUT2D eigenvalue weighted by Crippen LogP contribution is -2.46. The molecule has 0 amide bonds. The molecule has 2 fully saturated rings. The van der Waals surface area contributed by atoms with E-state index in [1.807, 2.05) is 0 Å². The van der Waals surface area contributed by atoms with Gasteiger partial charge >= 0.3 is 0 Å². The first-order valence-corrected chi connectivity index (χ1v) is 8.45. The Morgan fingerprint density at radius 1 is 0.889 bits per heavy atom. The molecule has 1 nitrogen and oxygen atoms in total. The van der Waals surface area contributed by atoms with Gasteiger partial charge in [0.15, 0.2) is 0 Å². The van der Waals surface area contributed by atoms with Crippen LogP contribution in [0.4, 0.5) is 0 Å². The Kier molecular flexibility index (Phi) is 5.54. The first kappa shape index (κ1) is 14.4. The molecule has 18 heavy (non-hydrogen) atoms. The molecule has 1 heteroatoms. The first-order chi connectivity index (χ1) is 8.72. The van der Waals surface area contributed by atoms with Crippen molar-refractivity contribution in [2.24, 2.45) is 23.7 Å². The molecule has 0 aromatic rings. The Morgan fingerprint density at radius 2 is 1.44 bits per heavy atom. The third-order valence-electron chi connectivity index (χ3n) is 5.55. The average molecular weight is 251 g/mol. The summed E-state index contributed by atoms with van der Waals surface area (Å²) in [5, 5.41) is 3.89. The summed E-state index contributed by atoms with van der Waals surface area (Å²) in [6.45, 7) is 8.33. The molecule has 0 saturated heterocycles. The van der Waals surface area contributed by atoms with Gasteiger partial charge in [0.1, 0.15) is 0 Å². The second-order valence-corrected chi connectivity index (χ2v) is 7.09. The summed E-state index contributed by atoms with van der Waals surface area (Å²) in [5.74, 6) is 3.90. The van der Waals surface area contributed by atoms with Crippen molar-refractivity contribution in [2.45, 2.75) is 78.2 Å². The minimum absolute atomic E-state index is 0.854. The highest BCUT2D eigenvalue weighted by atomic mass is 14.9. The summed E-state index contributed by atoms with van der Waals surface area (Å²) in [6, 6.07) is 0.854. The van der Waals surface area contributed by atoms with Gasteiger partial charge < -0.3 is 5.32 Å². The molecule has 0 spiro atoms. The summed E-state index contributed by atoms with van der Waals surface area (Å²) in [4.78, 5) is 0.